The third-order valence-electron chi connectivity index (χ3n) is 6.78. The van der Waals surface area contributed by atoms with Gasteiger partial charge in [0.1, 0.15) is 0 Å². The Balaban J connectivity index is 1.77. The fraction of sp³-hybridized carbons (Fsp3) is 0.167. The maximum Gasteiger partial charge on any atom is 0.416 e. The van der Waals surface area contributed by atoms with Crippen LogP contribution in [0, 0.1) is 17.2 Å². The van der Waals surface area contributed by atoms with Crippen molar-refractivity contribution in [2.24, 2.45) is 5.92 Å². The molecule has 190 valence electrons. The Labute approximate surface area is 221 Å². The highest BCUT2D eigenvalue weighted by Gasteiger charge is 2.33. The van der Waals surface area contributed by atoms with Crippen LogP contribution in [0.3, 0.4) is 0 Å². The molecule has 0 spiro atoms. The van der Waals surface area contributed by atoms with Crippen molar-refractivity contribution in [3.63, 3.8) is 0 Å². The molecule has 1 aliphatic rings. The van der Waals surface area contributed by atoms with Crippen molar-refractivity contribution < 1.29 is 23.1 Å². The van der Waals surface area contributed by atoms with Gasteiger partial charge < -0.3 is 5.11 Å². The summed E-state index contributed by atoms with van der Waals surface area (Å²) in [6, 6.07) is 18.6. The van der Waals surface area contributed by atoms with E-state index >= 15 is 0 Å². The molecule has 0 amide bonds. The number of halogens is 3. The molecule has 1 heterocycles. The summed E-state index contributed by atoms with van der Waals surface area (Å²) in [6.45, 7) is 0. The summed E-state index contributed by atoms with van der Waals surface area (Å²) in [7, 11) is 0. The highest BCUT2D eigenvalue weighted by atomic mass is 32.1. The molecule has 1 N–H and O–H groups in total. The first kappa shape index (κ1) is 25.4. The van der Waals surface area contributed by atoms with E-state index in [2.05, 4.69) is 4.98 Å². The molecular formula is C30H21F3N2O2S. The van der Waals surface area contributed by atoms with Crippen molar-refractivity contribution in [3.05, 3.63) is 106 Å². The van der Waals surface area contributed by atoms with E-state index < -0.39 is 17.7 Å². The number of aliphatic carboxylic acids is 1. The van der Waals surface area contributed by atoms with E-state index in [1.165, 1.54) is 23.5 Å². The van der Waals surface area contributed by atoms with Gasteiger partial charge in [-0.3, -0.25) is 0 Å². The minimum absolute atomic E-state index is 0.0185. The summed E-state index contributed by atoms with van der Waals surface area (Å²) < 4.78 is 41.4. The molecule has 4 aromatic rings. The fourth-order valence-corrected chi connectivity index (χ4v) is 5.38. The van der Waals surface area contributed by atoms with Crippen molar-refractivity contribution in [2.45, 2.75) is 25.4 Å². The monoisotopic (exact) mass is 530 g/mol. The highest BCUT2D eigenvalue weighted by molar-refractivity contribution is 7.16. The first-order valence-electron chi connectivity index (χ1n) is 12.0. The third-order valence-corrected chi connectivity index (χ3v) is 7.59. The Morgan fingerprint density at radius 1 is 1.05 bits per heavy atom. The Kier molecular flexibility index (Phi) is 6.87. The van der Waals surface area contributed by atoms with Crippen LogP contribution in [0.2, 0.25) is 0 Å². The van der Waals surface area contributed by atoms with Crippen LogP contribution in [0.5, 0.6) is 0 Å². The number of alkyl halides is 3. The molecule has 0 radical (unpaired) electrons. The zero-order valence-electron chi connectivity index (χ0n) is 20.0. The van der Waals surface area contributed by atoms with Crippen LogP contribution in [-0.2, 0) is 11.0 Å². The second kappa shape index (κ2) is 10.3. The Hall–Kier alpha value is -4.22. The fourth-order valence-electron chi connectivity index (χ4n) is 4.72. The minimum atomic E-state index is -4.55. The van der Waals surface area contributed by atoms with Crippen LogP contribution in [0.15, 0.2) is 72.3 Å². The predicted octanol–water partition coefficient (Wildman–Crippen LogP) is 8.04. The number of allylic oxidation sites excluding steroid dienone is 1. The van der Waals surface area contributed by atoms with E-state index in [1.54, 1.807) is 17.6 Å². The van der Waals surface area contributed by atoms with E-state index in [4.69, 9.17) is 5.11 Å². The average molecular weight is 531 g/mol. The quantitative estimate of drug-likeness (QED) is 0.202. The number of nitrogens with zero attached hydrogens (tertiary/aromatic N) is 2. The molecule has 5 rings (SSSR count). The van der Waals surface area contributed by atoms with E-state index in [0.717, 1.165) is 70.0 Å². The molecular weight excluding hydrogens is 509 g/mol. The van der Waals surface area contributed by atoms with E-state index in [0.29, 0.717) is 11.1 Å². The molecule has 38 heavy (non-hydrogen) atoms. The van der Waals surface area contributed by atoms with Crippen molar-refractivity contribution in [1.82, 2.24) is 4.98 Å². The number of rotatable bonds is 6. The van der Waals surface area contributed by atoms with Crippen molar-refractivity contribution in [2.75, 3.05) is 0 Å². The molecule has 0 bridgehead atoms. The maximum absolute atomic E-state index is 13.5. The number of benzene rings is 3. The van der Waals surface area contributed by atoms with Gasteiger partial charge in [0.2, 0.25) is 0 Å². The molecule has 1 saturated carbocycles. The summed E-state index contributed by atoms with van der Waals surface area (Å²) in [5.74, 6) is -0.976. The number of hydrogen-bond acceptors (Lipinski definition) is 4. The van der Waals surface area contributed by atoms with Gasteiger partial charge >= 0.3 is 12.1 Å². The number of fused-ring (bicyclic) bond motifs is 1. The van der Waals surface area contributed by atoms with Gasteiger partial charge in [-0.15, -0.1) is 11.3 Å². The normalized spacial score (nSPS) is 14.8. The number of thiazole rings is 1. The SMILES string of the molecule is N#Cc1cc(C(F)(F)F)ccc1/C(=C(\c1ccc(/C=C/C(=O)O)cc1)c1ccc2scnc2c1)C1CCC1. The first-order valence-corrected chi connectivity index (χ1v) is 12.8. The number of hydrogen-bond donors (Lipinski definition) is 1. The molecule has 3 aromatic carbocycles. The van der Waals surface area contributed by atoms with Gasteiger partial charge in [0.25, 0.3) is 0 Å². The molecule has 0 saturated heterocycles. The van der Waals surface area contributed by atoms with Crippen LogP contribution in [0.25, 0.3) is 27.4 Å². The number of carboxylic acids is 1. The van der Waals surface area contributed by atoms with Gasteiger partial charge in [-0.25, -0.2) is 9.78 Å². The summed E-state index contributed by atoms with van der Waals surface area (Å²) in [6.07, 6.45) is 0.721. The second-order valence-electron chi connectivity index (χ2n) is 9.11. The Morgan fingerprint density at radius 2 is 1.79 bits per heavy atom. The van der Waals surface area contributed by atoms with Gasteiger partial charge in [-0.2, -0.15) is 18.4 Å². The number of aromatic nitrogens is 1. The molecule has 4 nitrogen and oxygen atoms in total. The largest absolute Gasteiger partial charge is 0.478 e. The summed E-state index contributed by atoms with van der Waals surface area (Å²) in [4.78, 5) is 15.4. The molecule has 1 fully saturated rings. The van der Waals surface area contributed by atoms with Crippen LogP contribution in [-0.4, -0.2) is 16.1 Å². The molecule has 0 unspecified atom stereocenters. The van der Waals surface area contributed by atoms with E-state index in [-0.39, 0.29) is 11.5 Å². The molecule has 0 aliphatic heterocycles. The average Bonchev–Trinajstić information content (AvgIpc) is 3.34. The lowest BCUT2D eigenvalue weighted by Crippen LogP contribution is -2.16. The van der Waals surface area contributed by atoms with Gasteiger partial charge in [0.15, 0.2) is 0 Å². The Morgan fingerprint density at radius 3 is 2.42 bits per heavy atom. The molecule has 1 aliphatic carbocycles. The van der Waals surface area contributed by atoms with Crippen LogP contribution >= 0.6 is 11.3 Å². The second-order valence-corrected chi connectivity index (χ2v) is 10.0. The predicted molar refractivity (Wildman–Crippen MR) is 142 cm³/mol. The number of carbonyl (C=O) groups is 1. The van der Waals surface area contributed by atoms with E-state index in [9.17, 15) is 23.2 Å². The lowest BCUT2D eigenvalue weighted by atomic mass is 9.72. The summed E-state index contributed by atoms with van der Waals surface area (Å²) >= 11 is 1.52. The third kappa shape index (κ3) is 5.11. The number of carboxylic acid groups (broad SMARTS) is 1. The van der Waals surface area contributed by atoms with Crippen molar-refractivity contribution in [1.29, 1.82) is 5.26 Å². The Bertz CT molecular complexity index is 1620. The van der Waals surface area contributed by atoms with Gasteiger partial charge in [0, 0.05) is 6.08 Å². The van der Waals surface area contributed by atoms with Crippen LogP contribution in [0.4, 0.5) is 13.2 Å². The van der Waals surface area contributed by atoms with Crippen molar-refractivity contribution in [3.8, 4) is 6.07 Å². The van der Waals surface area contributed by atoms with Crippen LogP contribution < -0.4 is 0 Å². The lowest BCUT2D eigenvalue weighted by Gasteiger charge is -2.32. The number of nitriles is 1. The zero-order chi connectivity index (χ0) is 26.9. The topological polar surface area (TPSA) is 74.0 Å². The smallest absolute Gasteiger partial charge is 0.416 e. The van der Waals surface area contributed by atoms with E-state index in [1.807, 2.05) is 36.4 Å². The van der Waals surface area contributed by atoms with Gasteiger partial charge in [-0.1, -0.05) is 42.8 Å². The van der Waals surface area contributed by atoms with Gasteiger partial charge in [0.05, 0.1) is 32.9 Å². The lowest BCUT2D eigenvalue weighted by molar-refractivity contribution is -0.137. The summed E-state index contributed by atoms with van der Waals surface area (Å²) in [5.41, 5.74) is 6.22. The standard InChI is InChI=1S/C30H21F3N2O2S/c31-30(32,33)23-10-11-24(22(14-23)16-34)29(19-2-1-3-19)28(21-9-12-26-25(15-21)35-17-38-26)20-7-4-18(5-8-20)6-13-27(36)37/h4-15,17,19H,1-3H2,(H,36,37)/b13-6+,29-28+. The first-order chi connectivity index (χ1) is 18.2. The van der Waals surface area contributed by atoms with Crippen LogP contribution in [0.1, 0.15) is 52.6 Å². The van der Waals surface area contributed by atoms with Crippen molar-refractivity contribution >= 4 is 44.7 Å². The van der Waals surface area contributed by atoms with Gasteiger partial charge in [-0.05, 0) is 82.5 Å². The minimum Gasteiger partial charge on any atom is -0.478 e. The molecule has 8 heteroatoms. The maximum atomic E-state index is 13.5. The molecule has 0 atom stereocenters. The highest BCUT2D eigenvalue weighted by Crippen LogP contribution is 2.47. The zero-order valence-corrected chi connectivity index (χ0v) is 20.8. The summed E-state index contributed by atoms with van der Waals surface area (Å²) in [5, 5.41) is 18.9. The molecule has 1 aromatic heterocycles.